The van der Waals surface area contributed by atoms with E-state index in [9.17, 15) is 5.11 Å². The van der Waals surface area contributed by atoms with Gasteiger partial charge in [0.15, 0.2) is 0 Å². The van der Waals surface area contributed by atoms with E-state index in [1.807, 2.05) is 36.4 Å². The number of anilines is 1. The minimum Gasteiger partial charge on any atom is -0.508 e. The lowest BCUT2D eigenvalue weighted by molar-refractivity contribution is 0.475. The molecule has 18 heavy (non-hydrogen) atoms. The van der Waals surface area contributed by atoms with Crippen LogP contribution in [0.3, 0.4) is 0 Å². The van der Waals surface area contributed by atoms with Gasteiger partial charge in [0.1, 0.15) is 17.1 Å². The van der Waals surface area contributed by atoms with Crippen LogP contribution in [0.15, 0.2) is 59.0 Å². The number of phenols is 1. The van der Waals surface area contributed by atoms with Crippen LogP contribution in [0.4, 0.5) is 5.69 Å². The van der Waals surface area contributed by atoms with Gasteiger partial charge in [-0.25, -0.2) is 0 Å². The fourth-order valence-electron chi connectivity index (χ4n) is 1.93. The molecule has 0 bridgehead atoms. The van der Waals surface area contributed by atoms with Gasteiger partial charge in [-0.2, -0.15) is 0 Å². The lowest BCUT2D eigenvalue weighted by Crippen LogP contribution is -1.97. The van der Waals surface area contributed by atoms with Crippen LogP contribution in [0.25, 0.3) is 11.0 Å². The van der Waals surface area contributed by atoms with Crippen molar-refractivity contribution in [2.75, 3.05) is 5.32 Å². The van der Waals surface area contributed by atoms with E-state index >= 15 is 0 Å². The van der Waals surface area contributed by atoms with Gasteiger partial charge in [0.2, 0.25) is 0 Å². The van der Waals surface area contributed by atoms with Crippen molar-refractivity contribution < 1.29 is 9.52 Å². The van der Waals surface area contributed by atoms with Crippen molar-refractivity contribution in [1.82, 2.24) is 0 Å². The molecule has 0 saturated carbocycles. The molecule has 0 amide bonds. The Morgan fingerprint density at radius 2 is 1.89 bits per heavy atom. The summed E-state index contributed by atoms with van der Waals surface area (Å²) in [6.07, 6.45) is 0. The summed E-state index contributed by atoms with van der Waals surface area (Å²) in [6, 6.07) is 17.0. The number of aromatic hydroxyl groups is 1. The summed E-state index contributed by atoms with van der Waals surface area (Å²) in [5.74, 6) is 1.13. The monoisotopic (exact) mass is 239 g/mol. The average Bonchev–Trinajstić information content (AvgIpc) is 2.79. The topological polar surface area (TPSA) is 45.4 Å². The van der Waals surface area contributed by atoms with Gasteiger partial charge in [0, 0.05) is 17.1 Å². The molecule has 0 radical (unpaired) electrons. The Bertz CT molecular complexity index is 640. The predicted octanol–water partition coefficient (Wildman–Crippen LogP) is 3.75. The van der Waals surface area contributed by atoms with Gasteiger partial charge in [-0.15, -0.1) is 0 Å². The molecule has 3 rings (SSSR count). The second kappa shape index (κ2) is 4.45. The second-order valence-electron chi connectivity index (χ2n) is 4.15. The summed E-state index contributed by atoms with van der Waals surface area (Å²) in [6.45, 7) is 0.595. The zero-order valence-corrected chi connectivity index (χ0v) is 9.76. The van der Waals surface area contributed by atoms with Crippen LogP contribution >= 0.6 is 0 Å². The summed E-state index contributed by atoms with van der Waals surface area (Å²) in [4.78, 5) is 0. The van der Waals surface area contributed by atoms with Gasteiger partial charge in [0.05, 0.1) is 6.54 Å². The van der Waals surface area contributed by atoms with Crippen LogP contribution < -0.4 is 5.32 Å². The Balaban J connectivity index is 1.76. The van der Waals surface area contributed by atoms with Gasteiger partial charge in [-0.3, -0.25) is 0 Å². The van der Waals surface area contributed by atoms with E-state index in [0.29, 0.717) is 6.54 Å². The first-order chi connectivity index (χ1) is 8.81. The van der Waals surface area contributed by atoms with Crippen LogP contribution in [-0.2, 0) is 6.54 Å². The molecule has 0 aliphatic rings. The third-order valence-corrected chi connectivity index (χ3v) is 2.79. The smallest absolute Gasteiger partial charge is 0.134 e. The molecule has 0 fully saturated rings. The fraction of sp³-hybridized carbons (Fsp3) is 0.0667. The Hall–Kier alpha value is -2.42. The third-order valence-electron chi connectivity index (χ3n) is 2.79. The summed E-state index contributed by atoms with van der Waals surface area (Å²) >= 11 is 0. The molecule has 1 heterocycles. The minimum absolute atomic E-state index is 0.254. The van der Waals surface area contributed by atoms with Crippen LogP contribution in [-0.4, -0.2) is 5.11 Å². The number of rotatable bonds is 3. The van der Waals surface area contributed by atoms with Crippen molar-refractivity contribution in [3.05, 3.63) is 60.4 Å². The SMILES string of the molecule is Oc1cccc(NCc2cc3ccccc3o2)c1. The first-order valence-electron chi connectivity index (χ1n) is 5.82. The second-order valence-corrected chi connectivity index (χ2v) is 4.15. The number of hydrogen-bond donors (Lipinski definition) is 2. The fourth-order valence-corrected chi connectivity index (χ4v) is 1.93. The van der Waals surface area contributed by atoms with Crippen molar-refractivity contribution >= 4 is 16.7 Å². The first kappa shape index (κ1) is 10.7. The zero-order valence-electron chi connectivity index (χ0n) is 9.76. The van der Waals surface area contributed by atoms with Crippen LogP contribution in [0, 0.1) is 0 Å². The van der Waals surface area contributed by atoms with Crippen LogP contribution in [0.1, 0.15) is 5.76 Å². The normalized spacial score (nSPS) is 10.7. The Kier molecular flexibility index (Phi) is 2.65. The predicted molar refractivity (Wildman–Crippen MR) is 71.6 cm³/mol. The highest BCUT2D eigenvalue weighted by molar-refractivity contribution is 5.77. The lowest BCUT2D eigenvalue weighted by atomic mass is 10.2. The molecule has 2 aromatic carbocycles. The number of para-hydroxylation sites is 1. The molecule has 2 N–H and O–H groups in total. The van der Waals surface area contributed by atoms with E-state index in [2.05, 4.69) is 5.32 Å². The molecule has 90 valence electrons. The van der Waals surface area contributed by atoms with E-state index in [4.69, 9.17) is 4.42 Å². The first-order valence-corrected chi connectivity index (χ1v) is 5.82. The molecular weight excluding hydrogens is 226 g/mol. The maximum atomic E-state index is 9.36. The van der Waals surface area contributed by atoms with Crippen LogP contribution in [0.5, 0.6) is 5.75 Å². The van der Waals surface area contributed by atoms with Crippen molar-refractivity contribution in [3.63, 3.8) is 0 Å². The summed E-state index contributed by atoms with van der Waals surface area (Å²) in [7, 11) is 0. The molecular formula is C15H13NO2. The quantitative estimate of drug-likeness (QED) is 0.731. The molecule has 3 nitrogen and oxygen atoms in total. The molecule has 0 unspecified atom stereocenters. The third kappa shape index (κ3) is 2.15. The van der Waals surface area contributed by atoms with Crippen LogP contribution in [0.2, 0.25) is 0 Å². The molecule has 3 aromatic rings. The van der Waals surface area contributed by atoms with Crippen molar-refractivity contribution in [2.45, 2.75) is 6.54 Å². The van der Waals surface area contributed by atoms with Gasteiger partial charge in [-0.05, 0) is 24.3 Å². The van der Waals surface area contributed by atoms with E-state index in [-0.39, 0.29) is 5.75 Å². The number of nitrogens with one attached hydrogen (secondary N) is 1. The van der Waals surface area contributed by atoms with E-state index in [1.165, 1.54) is 0 Å². The van der Waals surface area contributed by atoms with Gasteiger partial charge in [-0.1, -0.05) is 24.3 Å². The summed E-state index contributed by atoms with van der Waals surface area (Å²) < 4.78 is 5.69. The van der Waals surface area contributed by atoms with Gasteiger partial charge in [0.25, 0.3) is 0 Å². The number of benzene rings is 2. The van der Waals surface area contributed by atoms with Crippen molar-refractivity contribution in [1.29, 1.82) is 0 Å². The lowest BCUT2D eigenvalue weighted by Gasteiger charge is -2.04. The molecule has 1 aromatic heterocycles. The number of fused-ring (bicyclic) bond motifs is 1. The standard InChI is InChI=1S/C15H13NO2/c17-13-6-3-5-12(9-13)16-10-14-8-11-4-1-2-7-15(11)18-14/h1-9,16-17H,10H2. The minimum atomic E-state index is 0.254. The number of phenolic OH excluding ortho intramolecular Hbond substituents is 1. The van der Waals surface area contributed by atoms with Gasteiger partial charge < -0.3 is 14.8 Å². The molecule has 0 aliphatic carbocycles. The summed E-state index contributed by atoms with van der Waals surface area (Å²) in [5, 5.41) is 13.7. The maximum absolute atomic E-state index is 9.36. The Morgan fingerprint density at radius 3 is 2.72 bits per heavy atom. The molecule has 0 spiro atoms. The molecule has 0 saturated heterocycles. The van der Waals surface area contributed by atoms with Gasteiger partial charge >= 0.3 is 0 Å². The zero-order chi connectivity index (χ0) is 12.4. The number of furan rings is 1. The highest BCUT2D eigenvalue weighted by Gasteiger charge is 2.02. The highest BCUT2D eigenvalue weighted by atomic mass is 16.3. The Morgan fingerprint density at radius 1 is 1.00 bits per heavy atom. The molecule has 0 atom stereocenters. The van der Waals surface area contributed by atoms with E-state index in [0.717, 1.165) is 22.4 Å². The summed E-state index contributed by atoms with van der Waals surface area (Å²) in [5.41, 5.74) is 1.76. The largest absolute Gasteiger partial charge is 0.508 e. The van der Waals surface area contributed by atoms with Crippen molar-refractivity contribution in [3.8, 4) is 5.75 Å². The Labute approximate surface area is 105 Å². The average molecular weight is 239 g/mol. The van der Waals surface area contributed by atoms with E-state index < -0.39 is 0 Å². The van der Waals surface area contributed by atoms with E-state index in [1.54, 1.807) is 18.2 Å². The number of hydrogen-bond acceptors (Lipinski definition) is 3. The maximum Gasteiger partial charge on any atom is 0.134 e. The molecule has 3 heteroatoms. The highest BCUT2D eigenvalue weighted by Crippen LogP contribution is 2.21. The van der Waals surface area contributed by atoms with Crippen molar-refractivity contribution in [2.24, 2.45) is 0 Å². The molecule has 0 aliphatic heterocycles.